The molecule has 0 radical (unpaired) electrons. The average molecular weight is 269 g/mol. The van der Waals surface area contributed by atoms with Gasteiger partial charge in [0.15, 0.2) is 0 Å². The van der Waals surface area contributed by atoms with Gasteiger partial charge in [-0.1, -0.05) is 6.04 Å². The van der Waals surface area contributed by atoms with E-state index in [9.17, 15) is 0 Å². The summed E-state index contributed by atoms with van der Waals surface area (Å²) in [4.78, 5) is 0. The number of hydrogen-bond donors (Lipinski definition) is 0. The summed E-state index contributed by atoms with van der Waals surface area (Å²) >= 11 is 0. The molecule has 0 bridgehead atoms. The first-order valence-corrected chi connectivity index (χ1v) is 16.9. The molecule has 86 valence electrons. The van der Waals surface area contributed by atoms with Crippen molar-refractivity contribution in [1.82, 2.24) is 0 Å². The van der Waals surface area contributed by atoms with E-state index in [1.165, 1.54) is 6.42 Å². The number of rotatable bonds is 7. The van der Waals surface area contributed by atoms with Gasteiger partial charge in [0.25, 0.3) is 0 Å². The summed E-state index contributed by atoms with van der Waals surface area (Å²) in [6.07, 6.45) is 1.79. The van der Waals surface area contributed by atoms with Gasteiger partial charge in [-0.25, -0.2) is 0 Å². The molecule has 0 saturated carbocycles. The molecule has 1 unspecified atom stereocenters. The molecule has 1 atom stereocenters. The molecular formula is C7H24O3Si4. The molecule has 1 rings (SSSR count). The fourth-order valence-corrected chi connectivity index (χ4v) is 9.13. The zero-order valence-corrected chi connectivity index (χ0v) is 16.6. The Morgan fingerprint density at radius 2 is 2.21 bits per heavy atom. The molecule has 0 aliphatic carbocycles. The van der Waals surface area contributed by atoms with Crippen molar-refractivity contribution in [3.05, 3.63) is 0 Å². The lowest BCUT2D eigenvalue weighted by Gasteiger charge is -1.99. The lowest BCUT2D eigenvalue weighted by molar-refractivity contribution is 0.117. The van der Waals surface area contributed by atoms with Gasteiger partial charge in [0.2, 0.25) is 0 Å². The Balaban J connectivity index is 0.000000500. The summed E-state index contributed by atoms with van der Waals surface area (Å²) in [5, 5.41) is 0. The van der Waals surface area contributed by atoms with Crippen LogP contribution in [0.4, 0.5) is 0 Å². The van der Waals surface area contributed by atoms with Crippen molar-refractivity contribution in [1.29, 1.82) is 0 Å². The van der Waals surface area contributed by atoms with Crippen molar-refractivity contribution in [2.75, 3.05) is 26.9 Å². The molecule has 0 aromatic heterocycles. The van der Waals surface area contributed by atoms with E-state index in [0.717, 1.165) is 30.3 Å². The largest absolute Gasteiger partial charge is 0.431 e. The molecule has 1 saturated heterocycles. The van der Waals surface area contributed by atoms with Gasteiger partial charge >= 0.3 is 0 Å². The maximum absolute atomic E-state index is 5.43. The van der Waals surface area contributed by atoms with Crippen molar-refractivity contribution >= 4 is 37.8 Å². The van der Waals surface area contributed by atoms with Gasteiger partial charge in [-0.3, -0.25) is 0 Å². The normalized spacial score (nSPS) is 20.8. The van der Waals surface area contributed by atoms with E-state index in [1.807, 2.05) is 0 Å². The highest BCUT2D eigenvalue weighted by atomic mass is 29.5. The summed E-state index contributed by atoms with van der Waals surface area (Å²) < 4.78 is 14.8. The molecule has 0 amide bonds. The van der Waals surface area contributed by atoms with Crippen molar-refractivity contribution in [3.8, 4) is 0 Å². The molecule has 0 N–H and O–H groups in total. The van der Waals surface area contributed by atoms with E-state index in [4.69, 9.17) is 9.47 Å². The molecule has 1 aliphatic heterocycles. The fraction of sp³-hybridized carbons (Fsp3) is 1.00. The summed E-state index contributed by atoms with van der Waals surface area (Å²) in [5.74, 6) is 0. The summed E-state index contributed by atoms with van der Waals surface area (Å²) in [6, 6.07) is 1.54. The topological polar surface area (TPSA) is 31.0 Å². The second-order valence-corrected chi connectivity index (χ2v) is 20.9. The quantitative estimate of drug-likeness (QED) is 0.275. The van der Waals surface area contributed by atoms with Crippen LogP contribution < -0.4 is 0 Å². The summed E-state index contributed by atoms with van der Waals surface area (Å²) in [7, 11) is 5.16. The molecular weight excluding hydrogens is 244 g/mol. The zero-order valence-electron chi connectivity index (χ0n) is 9.75. The second-order valence-electron chi connectivity index (χ2n) is 3.50. The lowest BCUT2D eigenvalue weighted by atomic mass is 10.5. The summed E-state index contributed by atoms with van der Waals surface area (Å²) in [6.45, 7) is 2.77. The number of epoxide rings is 1. The van der Waals surface area contributed by atoms with Gasteiger partial charge in [0, 0.05) is 22.8 Å². The molecule has 0 aromatic rings. The van der Waals surface area contributed by atoms with E-state index in [-0.39, 0.29) is 0 Å². The van der Waals surface area contributed by atoms with Gasteiger partial charge < -0.3 is 13.9 Å². The SMILES string of the molecule is CO[SiH3].[SiH3][SiH2][SiH2]CCCOCC1CO1. The van der Waals surface area contributed by atoms with Crippen LogP contribution in [0.1, 0.15) is 6.42 Å². The van der Waals surface area contributed by atoms with Crippen LogP contribution in [0.3, 0.4) is 0 Å². The molecule has 1 aliphatic rings. The molecule has 0 aromatic carbocycles. The second kappa shape index (κ2) is 11.8. The third-order valence-electron chi connectivity index (χ3n) is 1.85. The molecule has 0 spiro atoms. The van der Waals surface area contributed by atoms with Crippen LogP contribution >= 0.6 is 0 Å². The Morgan fingerprint density at radius 3 is 2.71 bits per heavy atom. The number of hydrogen-bond acceptors (Lipinski definition) is 3. The highest BCUT2D eigenvalue weighted by Crippen LogP contribution is 2.08. The Labute approximate surface area is 97.5 Å². The lowest BCUT2D eigenvalue weighted by Crippen LogP contribution is -2.06. The Morgan fingerprint density at radius 1 is 1.57 bits per heavy atom. The van der Waals surface area contributed by atoms with Crippen molar-refractivity contribution in [3.63, 3.8) is 0 Å². The van der Waals surface area contributed by atoms with E-state index < -0.39 is 0 Å². The third-order valence-corrected chi connectivity index (χ3v) is 13.5. The van der Waals surface area contributed by atoms with Crippen LogP contribution in [-0.4, -0.2) is 70.9 Å². The fourth-order valence-electron chi connectivity index (χ4n) is 1.01. The molecule has 7 heteroatoms. The first-order valence-electron chi connectivity index (χ1n) is 5.44. The van der Waals surface area contributed by atoms with Crippen LogP contribution in [0.2, 0.25) is 6.04 Å². The van der Waals surface area contributed by atoms with Crippen LogP contribution in [0.25, 0.3) is 0 Å². The van der Waals surface area contributed by atoms with E-state index in [2.05, 4.69) is 4.43 Å². The van der Waals surface area contributed by atoms with Gasteiger partial charge in [0.1, 0.15) is 16.6 Å². The van der Waals surface area contributed by atoms with Gasteiger partial charge in [-0.05, 0) is 24.7 Å². The molecule has 14 heavy (non-hydrogen) atoms. The van der Waals surface area contributed by atoms with Crippen LogP contribution in [0.15, 0.2) is 0 Å². The maximum atomic E-state index is 5.43. The van der Waals surface area contributed by atoms with Gasteiger partial charge in [-0.15, -0.1) is 0 Å². The monoisotopic (exact) mass is 268 g/mol. The van der Waals surface area contributed by atoms with Gasteiger partial charge in [-0.2, -0.15) is 0 Å². The van der Waals surface area contributed by atoms with Gasteiger partial charge in [0.05, 0.1) is 13.2 Å². The predicted octanol–water partition coefficient (Wildman–Crippen LogP) is -3.34. The van der Waals surface area contributed by atoms with Crippen LogP contribution in [-0.2, 0) is 13.9 Å². The molecule has 1 fully saturated rings. The minimum atomic E-state index is 0.459. The molecule has 3 nitrogen and oxygen atoms in total. The molecule has 1 heterocycles. The Bertz CT molecular complexity index is 113. The maximum Gasteiger partial charge on any atom is 0.145 e. The predicted molar refractivity (Wildman–Crippen MR) is 74.0 cm³/mol. The highest BCUT2D eigenvalue weighted by molar-refractivity contribution is 7.23. The highest BCUT2D eigenvalue weighted by Gasteiger charge is 2.21. The van der Waals surface area contributed by atoms with Crippen LogP contribution in [0.5, 0.6) is 0 Å². The first kappa shape index (κ1) is 14.7. The summed E-state index contributed by atoms with van der Waals surface area (Å²) in [5.41, 5.74) is 0. The van der Waals surface area contributed by atoms with E-state index in [1.54, 1.807) is 22.9 Å². The third kappa shape index (κ3) is 12.7. The first-order chi connectivity index (χ1) is 6.85. The van der Waals surface area contributed by atoms with Crippen LogP contribution in [0, 0.1) is 0 Å². The number of ether oxygens (including phenoxy) is 2. The average Bonchev–Trinajstić information content (AvgIpc) is 2.96. The standard InChI is InChI=1S/C6H18O2Si3.CH6OSi/c9-11-10-3-1-2-7-4-6-5-8-6;1-2-3/h6H,1-5,10-11H2,9H3;1,3H3. The zero-order chi connectivity index (χ0) is 10.6. The van der Waals surface area contributed by atoms with Crippen molar-refractivity contribution < 1.29 is 13.9 Å². The van der Waals surface area contributed by atoms with Crippen molar-refractivity contribution in [2.45, 2.75) is 18.6 Å². The minimum Gasteiger partial charge on any atom is -0.431 e. The Hall–Kier alpha value is 0.748. The van der Waals surface area contributed by atoms with E-state index >= 15 is 0 Å². The van der Waals surface area contributed by atoms with E-state index in [0.29, 0.717) is 23.7 Å². The van der Waals surface area contributed by atoms with Crippen molar-refractivity contribution in [2.24, 2.45) is 0 Å². The minimum absolute atomic E-state index is 0.459. The smallest absolute Gasteiger partial charge is 0.145 e. The Kier molecular flexibility index (Phi) is 12.5.